The van der Waals surface area contributed by atoms with Gasteiger partial charge in [0.1, 0.15) is 0 Å². The molecule has 2 atom stereocenters. The lowest BCUT2D eigenvalue weighted by atomic mass is 10.2. The summed E-state index contributed by atoms with van der Waals surface area (Å²) in [5, 5.41) is 0. The molecule has 1 heterocycles. The Labute approximate surface area is 139 Å². The Morgan fingerprint density at radius 2 is 1.55 bits per heavy atom. The first-order valence-electron chi connectivity index (χ1n) is 7.37. The predicted octanol–water partition coefficient (Wildman–Crippen LogP) is 3.15. The molecule has 0 bridgehead atoms. The van der Waals surface area contributed by atoms with Gasteiger partial charge in [0.2, 0.25) is 0 Å². The van der Waals surface area contributed by atoms with E-state index in [0.717, 1.165) is 16.4 Å². The van der Waals surface area contributed by atoms with Gasteiger partial charge in [0.15, 0.2) is 12.2 Å². The van der Waals surface area contributed by atoms with Gasteiger partial charge in [0.05, 0.1) is 0 Å². The highest BCUT2D eigenvalue weighted by molar-refractivity contribution is 7.99. The second kappa shape index (κ2) is 9.10. The van der Waals surface area contributed by atoms with Gasteiger partial charge in [-0.05, 0) is 23.6 Å². The Bertz CT molecular complexity index is 492. The second-order valence-corrected chi connectivity index (χ2v) is 7.35. The van der Waals surface area contributed by atoms with Gasteiger partial charge in [-0.25, -0.2) is 9.59 Å². The molecule has 1 aromatic carbocycles. The number of hydrogen-bond donors (Lipinski definition) is 0. The molecule has 0 unspecified atom stereocenters. The number of benzene rings is 1. The number of thioether (sulfide) groups is 2. The number of carbonyl (C=O) groups is 2. The molecule has 0 aromatic heterocycles. The molecule has 0 aliphatic carbocycles. The number of hydrogen-bond acceptors (Lipinski definition) is 6. The van der Waals surface area contributed by atoms with Gasteiger partial charge in [0.25, 0.3) is 0 Å². The predicted molar refractivity (Wildman–Crippen MR) is 89.2 cm³/mol. The van der Waals surface area contributed by atoms with Crippen molar-refractivity contribution in [2.24, 2.45) is 0 Å². The fraction of sp³-hybridized carbons (Fsp3) is 0.500. The molecule has 0 N–H and O–H groups in total. The van der Waals surface area contributed by atoms with Gasteiger partial charge in [0, 0.05) is 23.5 Å². The zero-order valence-corrected chi connectivity index (χ0v) is 14.2. The third-order valence-corrected chi connectivity index (χ3v) is 5.14. The van der Waals surface area contributed by atoms with Gasteiger partial charge in [-0.2, -0.15) is 11.8 Å². The summed E-state index contributed by atoms with van der Waals surface area (Å²) in [6.07, 6.45) is -0.502. The van der Waals surface area contributed by atoms with E-state index >= 15 is 0 Å². The van der Waals surface area contributed by atoms with Gasteiger partial charge < -0.3 is 9.47 Å². The van der Waals surface area contributed by atoms with E-state index in [2.05, 4.69) is 6.92 Å². The van der Waals surface area contributed by atoms with E-state index in [1.165, 1.54) is 0 Å². The van der Waals surface area contributed by atoms with Crippen molar-refractivity contribution in [1.82, 2.24) is 0 Å². The maximum atomic E-state index is 11.9. The monoisotopic (exact) mass is 340 g/mol. The highest BCUT2D eigenvalue weighted by Gasteiger charge is 2.37. The number of rotatable bonds is 8. The van der Waals surface area contributed by atoms with Crippen LogP contribution in [0.3, 0.4) is 0 Å². The van der Waals surface area contributed by atoms with Gasteiger partial charge in [-0.3, -0.25) is 0 Å². The molecule has 6 heteroatoms. The summed E-state index contributed by atoms with van der Waals surface area (Å²) in [5.41, 5.74) is 0. The molecule has 4 nitrogen and oxygen atoms in total. The molecule has 2 rings (SSSR count). The Kier molecular flexibility index (Phi) is 7.12. The van der Waals surface area contributed by atoms with Crippen molar-refractivity contribution in [3.05, 3.63) is 30.3 Å². The van der Waals surface area contributed by atoms with Crippen molar-refractivity contribution < 1.29 is 19.1 Å². The fourth-order valence-electron chi connectivity index (χ4n) is 2.02. The van der Waals surface area contributed by atoms with Crippen LogP contribution >= 0.6 is 23.5 Å². The molecule has 22 heavy (non-hydrogen) atoms. The van der Waals surface area contributed by atoms with E-state index < -0.39 is 24.1 Å². The zero-order chi connectivity index (χ0) is 15.8. The molecule has 1 aromatic rings. The SMILES string of the molecule is CCSCC[C@@H]1OC(=O)[C@H](CCSc2ccccc2)OC1=O. The van der Waals surface area contributed by atoms with Crippen molar-refractivity contribution in [3.63, 3.8) is 0 Å². The van der Waals surface area contributed by atoms with E-state index in [1.54, 1.807) is 23.5 Å². The first-order valence-corrected chi connectivity index (χ1v) is 9.51. The summed E-state index contributed by atoms with van der Waals surface area (Å²) in [6, 6.07) is 9.92. The Morgan fingerprint density at radius 3 is 2.14 bits per heavy atom. The molecule has 0 amide bonds. The minimum atomic E-state index is -0.765. The number of carbonyl (C=O) groups excluding carboxylic acids is 2. The van der Waals surface area contributed by atoms with Crippen LogP contribution in [0.4, 0.5) is 0 Å². The normalized spacial score (nSPS) is 21.3. The first-order chi connectivity index (χ1) is 10.7. The third-order valence-electron chi connectivity index (χ3n) is 3.16. The minimum Gasteiger partial charge on any atom is -0.448 e. The summed E-state index contributed by atoms with van der Waals surface area (Å²) in [7, 11) is 0. The van der Waals surface area contributed by atoms with Crippen LogP contribution in [0.25, 0.3) is 0 Å². The number of esters is 2. The van der Waals surface area contributed by atoms with Gasteiger partial charge in [-0.1, -0.05) is 25.1 Å². The van der Waals surface area contributed by atoms with Gasteiger partial charge in [-0.15, -0.1) is 11.8 Å². The summed E-state index contributed by atoms with van der Waals surface area (Å²) in [6.45, 7) is 2.05. The molecule has 120 valence electrons. The van der Waals surface area contributed by atoms with E-state index in [0.29, 0.717) is 18.6 Å². The van der Waals surface area contributed by atoms with E-state index in [4.69, 9.17) is 9.47 Å². The van der Waals surface area contributed by atoms with Crippen LogP contribution in [0, 0.1) is 0 Å². The summed E-state index contributed by atoms with van der Waals surface area (Å²) < 4.78 is 10.5. The molecular weight excluding hydrogens is 320 g/mol. The standard InChI is InChI=1S/C16H20O4S2/c1-2-21-10-8-13-15(17)20-14(16(18)19-13)9-11-22-12-6-4-3-5-7-12/h3-7,13-14H,2,8-11H2,1H3/t13-,14-/m0/s1. The quantitative estimate of drug-likeness (QED) is 0.412. The Morgan fingerprint density at radius 1 is 0.955 bits per heavy atom. The van der Waals surface area contributed by atoms with Crippen molar-refractivity contribution >= 4 is 35.5 Å². The second-order valence-electron chi connectivity index (χ2n) is 4.79. The Balaban J connectivity index is 1.74. The molecule has 1 saturated heterocycles. The fourth-order valence-corrected chi connectivity index (χ4v) is 3.60. The van der Waals surface area contributed by atoms with Crippen molar-refractivity contribution in [1.29, 1.82) is 0 Å². The summed E-state index contributed by atoms with van der Waals surface area (Å²) in [4.78, 5) is 24.9. The van der Waals surface area contributed by atoms with Crippen molar-refractivity contribution in [3.8, 4) is 0 Å². The third kappa shape index (κ3) is 5.25. The zero-order valence-electron chi connectivity index (χ0n) is 12.5. The van der Waals surface area contributed by atoms with E-state index in [-0.39, 0.29) is 0 Å². The largest absolute Gasteiger partial charge is 0.448 e. The lowest BCUT2D eigenvalue weighted by Crippen LogP contribution is -2.44. The highest BCUT2D eigenvalue weighted by Crippen LogP contribution is 2.22. The lowest BCUT2D eigenvalue weighted by molar-refractivity contribution is -0.195. The van der Waals surface area contributed by atoms with Crippen LogP contribution in [0.1, 0.15) is 19.8 Å². The average molecular weight is 340 g/mol. The van der Waals surface area contributed by atoms with Crippen LogP contribution in [0.5, 0.6) is 0 Å². The van der Waals surface area contributed by atoms with Crippen LogP contribution in [-0.2, 0) is 19.1 Å². The molecule has 1 fully saturated rings. The van der Waals surface area contributed by atoms with Gasteiger partial charge >= 0.3 is 11.9 Å². The maximum Gasteiger partial charge on any atom is 0.348 e. The average Bonchev–Trinajstić information content (AvgIpc) is 2.53. The van der Waals surface area contributed by atoms with Crippen LogP contribution < -0.4 is 0 Å². The molecule has 0 saturated carbocycles. The molecule has 1 aliphatic heterocycles. The van der Waals surface area contributed by atoms with Crippen molar-refractivity contribution in [2.75, 3.05) is 17.3 Å². The first kappa shape index (κ1) is 17.2. The molecule has 0 spiro atoms. The molecule has 1 aliphatic rings. The van der Waals surface area contributed by atoms with E-state index in [9.17, 15) is 9.59 Å². The topological polar surface area (TPSA) is 52.6 Å². The Hall–Kier alpha value is -1.14. The van der Waals surface area contributed by atoms with E-state index in [1.807, 2.05) is 30.3 Å². The number of ether oxygens (including phenoxy) is 2. The minimum absolute atomic E-state index is 0.411. The lowest BCUT2D eigenvalue weighted by Gasteiger charge is -2.27. The maximum absolute atomic E-state index is 11.9. The van der Waals surface area contributed by atoms with Crippen LogP contribution in [-0.4, -0.2) is 41.4 Å². The summed E-state index contributed by atoms with van der Waals surface area (Å²) >= 11 is 3.35. The summed E-state index contributed by atoms with van der Waals surface area (Å²) in [5.74, 6) is 1.64. The molecule has 0 radical (unpaired) electrons. The van der Waals surface area contributed by atoms with Crippen LogP contribution in [0.2, 0.25) is 0 Å². The van der Waals surface area contributed by atoms with Crippen LogP contribution in [0.15, 0.2) is 35.2 Å². The number of cyclic esters (lactones) is 2. The molecular formula is C16H20O4S2. The smallest absolute Gasteiger partial charge is 0.348 e. The highest BCUT2D eigenvalue weighted by atomic mass is 32.2. The van der Waals surface area contributed by atoms with Crippen molar-refractivity contribution in [2.45, 2.75) is 36.9 Å².